The summed E-state index contributed by atoms with van der Waals surface area (Å²) >= 11 is 0. The lowest BCUT2D eigenvalue weighted by Gasteiger charge is -2.21. The van der Waals surface area contributed by atoms with Crippen LogP contribution in [0.1, 0.15) is 18.9 Å². The molecule has 0 spiro atoms. The summed E-state index contributed by atoms with van der Waals surface area (Å²) in [5, 5.41) is 19.8. The molecule has 0 atom stereocenters. The zero-order valence-electron chi connectivity index (χ0n) is 11.3. The molecule has 0 saturated carbocycles. The van der Waals surface area contributed by atoms with E-state index in [9.17, 15) is 10.1 Å². The van der Waals surface area contributed by atoms with Gasteiger partial charge in [-0.25, -0.2) is 0 Å². The van der Waals surface area contributed by atoms with Crippen molar-refractivity contribution in [1.82, 2.24) is 4.90 Å². The normalized spacial score (nSPS) is 10.7. The number of non-ortho nitro benzene ring substituents is 1. The highest BCUT2D eigenvalue weighted by Crippen LogP contribution is 2.25. The highest BCUT2D eigenvalue weighted by molar-refractivity contribution is 5.43. The third-order valence-corrected chi connectivity index (χ3v) is 2.82. The molecule has 0 saturated heterocycles. The second-order valence-electron chi connectivity index (χ2n) is 4.25. The van der Waals surface area contributed by atoms with E-state index in [2.05, 4.69) is 6.92 Å². The second kappa shape index (κ2) is 7.70. The minimum atomic E-state index is -0.418. The van der Waals surface area contributed by atoms with E-state index >= 15 is 0 Å². The van der Waals surface area contributed by atoms with Crippen LogP contribution in [-0.4, -0.2) is 41.7 Å². The van der Waals surface area contributed by atoms with Crippen LogP contribution in [0.4, 0.5) is 5.69 Å². The van der Waals surface area contributed by atoms with E-state index in [1.807, 2.05) is 4.90 Å². The lowest BCUT2D eigenvalue weighted by molar-refractivity contribution is -0.384. The van der Waals surface area contributed by atoms with Gasteiger partial charge in [-0.15, -0.1) is 0 Å². The van der Waals surface area contributed by atoms with Crippen molar-refractivity contribution < 1.29 is 14.8 Å². The molecule has 0 amide bonds. The van der Waals surface area contributed by atoms with Gasteiger partial charge < -0.3 is 9.84 Å². The largest absolute Gasteiger partial charge is 0.496 e. The molecule has 0 fully saturated rings. The van der Waals surface area contributed by atoms with E-state index in [4.69, 9.17) is 9.84 Å². The predicted molar refractivity (Wildman–Crippen MR) is 72.3 cm³/mol. The maximum atomic E-state index is 10.8. The van der Waals surface area contributed by atoms with E-state index in [1.54, 1.807) is 13.2 Å². The van der Waals surface area contributed by atoms with Crippen LogP contribution >= 0.6 is 0 Å². The molecule has 106 valence electrons. The molecule has 0 unspecified atom stereocenters. The van der Waals surface area contributed by atoms with Gasteiger partial charge in [-0.2, -0.15) is 0 Å². The first-order valence-electron chi connectivity index (χ1n) is 6.26. The van der Waals surface area contributed by atoms with Crippen LogP contribution in [0.3, 0.4) is 0 Å². The Bertz CT molecular complexity index is 417. The number of nitro groups is 1. The van der Waals surface area contributed by atoms with Crippen molar-refractivity contribution in [2.45, 2.75) is 19.9 Å². The number of hydrogen-bond donors (Lipinski definition) is 1. The zero-order valence-corrected chi connectivity index (χ0v) is 11.3. The van der Waals surface area contributed by atoms with E-state index in [1.165, 1.54) is 12.1 Å². The Morgan fingerprint density at radius 3 is 2.68 bits per heavy atom. The molecule has 1 rings (SSSR count). The van der Waals surface area contributed by atoms with E-state index in [-0.39, 0.29) is 12.3 Å². The molecule has 0 aliphatic rings. The molecule has 1 aromatic carbocycles. The Morgan fingerprint density at radius 2 is 2.16 bits per heavy atom. The summed E-state index contributed by atoms with van der Waals surface area (Å²) in [7, 11) is 1.54. The number of ether oxygens (including phenoxy) is 1. The average Bonchev–Trinajstić information content (AvgIpc) is 2.39. The Labute approximate surface area is 112 Å². The van der Waals surface area contributed by atoms with Crippen LogP contribution in [0.2, 0.25) is 0 Å². The van der Waals surface area contributed by atoms with Crippen LogP contribution in [0.5, 0.6) is 5.75 Å². The first-order valence-corrected chi connectivity index (χ1v) is 6.26. The molecular formula is C13H20N2O4. The van der Waals surface area contributed by atoms with Crippen molar-refractivity contribution in [2.75, 3.05) is 26.8 Å². The fraction of sp³-hybridized carbons (Fsp3) is 0.538. The van der Waals surface area contributed by atoms with Crippen molar-refractivity contribution in [1.29, 1.82) is 0 Å². The van der Waals surface area contributed by atoms with E-state index in [0.717, 1.165) is 18.5 Å². The molecule has 1 N–H and O–H groups in total. The van der Waals surface area contributed by atoms with Gasteiger partial charge in [-0.3, -0.25) is 15.0 Å². The van der Waals surface area contributed by atoms with Crippen LogP contribution in [0.15, 0.2) is 18.2 Å². The molecule has 0 bridgehead atoms. The van der Waals surface area contributed by atoms with Gasteiger partial charge in [0, 0.05) is 30.8 Å². The zero-order chi connectivity index (χ0) is 14.3. The van der Waals surface area contributed by atoms with Crippen LogP contribution in [0, 0.1) is 10.1 Å². The van der Waals surface area contributed by atoms with Gasteiger partial charge in [0.25, 0.3) is 5.69 Å². The standard InChI is InChI=1S/C13H20N2O4/c1-3-6-14(7-8-16)10-11-9-12(15(17)18)4-5-13(11)19-2/h4-5,9,16H,3,6-8,10H2,1-2H3. The number of hydrogen-bond acceptors (Lipinski definition) is 5. The van der Waals surface area contributed by atoms with E-state index in [0.29, 0.717) is 18.8 Å². The van der Waals surface area contributed by atoms with Gasteiger partial charge in [-0.1, -0.05) is 6.92 Å². The van der Waals surface area contributed by atoms with Gasteiger partial charge in [0.05, 0.1) is 18.6 Å². The predicted octanol–water partition coefficient (Wildman–Crippen LogP) is 1.81. The van der Waals surface area contributed by atoms with Crippen LogP contribution < -0.4 is 4.74 Å². The van der Waals surface area contributed by atoms with Gasteiger partial charge in [0.2, 0.25) is 0 Å². The number of rotatable bonds is 8. The minimum Gasteiger partial charge on any atom is -0.496 e. The summed E-state index contributed by atoms with van der Waals surface area (Å²) in [5.74, 6) is 0.629. The molecule has 0 radical (unpaired) electrons. The van der Waals surface area contributed by atoms with Crippen molar-refractivity contribution in [3.05, 3.63) is 33.9 Å². The van der Waals surface area contributed by atoms with Crippen LogP contribution in [-0.2, 0) is 6.54 Å². The number of aliphatic hydroxyl groups excluding tert-OH is 1. The molecule has 6 heteroatoms. The van der Waals surface area contributed by atoms with Crippen molar-refractivity contribution in [3.63, 3.8) is 0 Å². The summed E-state index contributed by atoms with van der Waals surface area (Å²) in [6.07, 6.45) is 0.956. The fourth-order valence-electron chi connectivity index (χ4n) is 1.97. The Hall–Kier alpha value is -1.66. The SMILES string of the molecule is CCCN(CCO)Cc1cc([N+](=O)[O-])ccc1OC. The molecule has 0 aliphatic heterocycles. The highest BCUT2D eigenvalue weighted by atomic mass is 16.6. The van der Waals surface area contributed by atoms with Gasteiger partial charge >= 0.3 is 0 Å². The van der Waals surface area contributed by atoms with Gasteiger partial charge in [-0.05, 0) is 19.0 Å². The smallest absolute Gasteiger partial charge is 0.270 e. The molecule has 0 aliphatic carbocycles. The molecule has 19 heavy (non-hydrogen) atoms. The molecular weight excluding hydrogens is 248 g/mol. The summed E-state index contributed by atoms with van der Waals surface area (Å²) in [6, 6.07) is 4.56. The monoisotopic (exact) mass is 268 g/mol. The topological polar surface area (TPSA) is 75.8 Å². The molecule has 1 aromatic rings. The Balaban J connectivity index is 2.94. The first-order chi connectivity index (χ1) is 9.12. The Morgan fingerprint density at radius 1 is 1.42 bits per heavy atom. The van der Waals surface area contributed by atoms with Crippen LogP contribution in [0.25, 0.3) is 0 Å². The first kappa shape index (κ1) is 15.4. The average molecular weight is 268 g/mol. The number of methoxy groups -OCH3 is 1. The Kier molecular flexibility index (Phi) is 6.24. The quantitative estimate of drug-likeness (QED) is 0.575. The summed E-state index contributed by atoms with van der Waals surface area (Å²) in [4.78, 5) is 12.4. The third kappa shape index (κ3) is 4.50. The lowest BCUT2D eigenvalue weighted by Crippen LogP contribution is -2.27. The summed E-state index contributed by atoms with van der Waals surface area (Å²) in [5.41, 5.74) is 0.815. The fourth-order valence-corrected chi connectivity index (χ4v) is 1.97. The summed E-state index contributed by atoms with van der Waals surface area (Å²) < 4.78 is 5.23. The van der Waals surface area contributed by atoms with Gasteiger partial charge in [0.15, 0.2) is 0 Å². The number of aliphatic hydroxyl groups is 1. The third-order valence-electron chi connectivity index (χ3n) is 2.82. The lowest BCUT2D eigenvalue weighted by atomic mass is 10.1. The number of benzene rings is 1. The molecule has 0 heterocycles. The van der Waals surface area contributed by atoms with Crippen molar-refractivity contribution >= 4 is 5.69 Å². The minimum absolute atomic E-state index is 0.0521. The maximum Gasteiger partial charge on any atom is 0.270 e. The highest BCUT2D eigenvalue weighted by Gasteiger charge is 2.14. The van der Waals surface area contributed by atoms with E-state index < -0.39 is 4.92 Å². The van der Waals surface area contributed by atoms with Gasteiger partial charge in [0.1, 0.15) is 5.75 Å². The number of nitro benzene ring substituents is 1. The molecule has 6 nitrogen and oxygen atoms in total. The second-order valence-corrected chi connectivity index (χ2v) is 4.25. The molecule has 0 aromatic heterocycles. The summed E-state index contributed by atoms with van der Waals surface area (Å²) in [6.45, 7) is 4.01. The number of nitrogens with zero attached hydrogens (tertiary/aromatic N) is 2. The maximum absolute atomic E-state index is 10.8. The van der Waals surface area contributed by atoms with Crippen molar-refractivity contribution in [2.24, 2.45) is 0 Å². The van der Waals surface area contributed by atoms with Crippen molar-refractivity contribution in [3.8, 4) is 5.75 Å².